The zero-order valence-electron chi connectivity index (χ0n) is 26.8. The molecule has 0 aliphatic carbocycles. The smallest absolute Gasteiger partial charge is 0.229 e. The summed E-state index contributed by atoms with van der Waals surface area (Å²) < 4.78 is 39.2. The van der Waals surface area contributed by atoms with Crippen molar-refractivity contribution in [2.45, 2.75) is 38.6 Å². The van der Waals surface area contributed by atoms with Crippen molar-refractivity contribution in [2.75, 3.05) is 73.0 Å². The third kappa shape index (κ3) is 7.86. The lowest BCUT2D eigenvalue weighted by Crippen LogP contribution is -2.46. The minimum atomic E-state index is -3.62. The van der Waals surface area contributed by atoms with Crippen molar-refractivity contribution in [3.63, 3.8) is 0 Å². The van der Waals surface area contributed by atoms with Crippen molar-refractivity contribution >= 4 is 71.5 Å². The Labute approximate surface area is 283 Å². The van der Waals surface area contributed by atoms with Gasteiger partial charge in [0.05, 0.1) is 47.0 Å². The lowest BCUT2D eigenvalue weighted by molar-refractivity contribution is 0.125. The Bertz CT molecular complexity index is 1830. The molecule has 6 rings (SSSR count). The van der Waals surface area contributed by atoms with Gasteiger partial charge in [0.1, 0.15) is 17.1 Å². The number of rotatable bonds is 10. The molecule has 47 heavy (non-hydrogen) atoms. The molecule has 15 heteroatoms. The molecule has 3 N–H and O–H groups in total. The molecule has 0 saturated carbocycles. The fourth-order valence-corrected chi connectivity index (χ4v) is 7.12. The van der Waals surface area contributed by atoms with Crippen molar-refractivity contribution in [1.29, 1.82) is 0 Å². The number of nitrogens with one attached hydrogen (secondary N) is 3. The molecule has 4 heterocycles. The zero-order valence-corrected chi connectivity index (χ0v) is 29.2. The summed E-state index contributed by atoms with van der Waals surface area (Å²) in [5.41, 5.74) is 4.83. The first-order chi connectivity index (χ1) is 22.7. The highest BCUT2D eigenvalue weighted by molar-refractivity contribution is 9.10. The lowest BCUT2D eigenvalue weighted by Gasteiger charge is -2.39. The number of nitrogens with zero attached hydrogens (tertiary/aromatic N) is 6. The Morgan fingerprint density at radius 2 is 1.83 bits per heavy atom. The molecule has 2 saturated heterocycles. The van der Waals surface area contributed by atoms with E-state index in [9.17, 15) is 8.42 Å². The van der Waals surface area contributed by atoms with Crippen LogP contribution in [0.25, 0.3) is 11.0 Å². The fraction of sp³-hybridized carbons (Fsp3) is 0.438. The van der Waals surface area contributed by atoms with Crippen LogP contribution in [0, 0.1) is 0 Å². The van der Waals surface area contributed by atoms with Crippen LogP contribution in [-0.4, -0.2) is 92.1 Å². The van der Waals surface area contributed by atoms with E-state index in [0.717, 1.165) is 77.0 Å². The van der Waals surface area contributed by atoms with E-state index in [4.69, 9.17) is 14.5 Å². The largest absolute Gasteiger partial charge is 0.494 e. The highest BCUT2D eigenvalue weighted by atomic mass is 79.9. The van der Waals surface area contributed by atoms with E-state index in [1.165, 1.54) is 17.4 Å². The first-order valence-electron chi connectivity index (χ1n) is 15.8. The second-order valence-electron chi connectivity index (χ2n) is 11.7. The van der Waals surface area contributed by atoms with Gasteiger partial charge in [0.25, 0.3) is 0 Å². The Kier molecular flexibility index (Phi) is 10.2. The number of hydrogen-bond acceptors (Lipinski definition) is 12. The van der Waals surface area contributed by atoms with E-state index >= 15 is 0 Å². The van der Waals surface area contributed by atoms with Crippen LogP contribution in [0.3, 0.4) is 0 Å². The molecule has 250 valence electrons. The summed E-state index contributed by atoms with van der Waals surface area (Å²) >= 11 is 3.53. The second kappa shape index (κ2) is 14.5. The number of halogens is 1. The van der Waals surface area contributed by atoms with E-state index in [2.05, 4.69) is 75.1 Å². The van der Waals surface area contributed by atoms with Crippen LogP contribution in [0.1, 0.15) is 31.7 Å². The van der Waals surface area contributed by atoms with Gasteiger partial charge in [-0.1, -0.05) is 6.92 Å². The second-order valence-corrected chi connectivity index (χ2v) is 14.3. The first kappa shape index (κ1) is 33.1. The highest BCUT2D eigenvalue weighted by Crippen LogP contribution is 2.38. The van der Waals surface area contributed by atoms with Gasteiger partial charge in [-0.2, -0.15) is 4.98 Å². The summed E-state index contributed by atoms with van der Waals surface area (Å²) in [5.74, 6) is 1.45. The van der Waals surface area contributed by atoms with Crippen LogP contribution in [0.15, 0.2) is 47.3 Å². The standard InChI is InChI=1S/C32H40BrN9O4S/c1-4-21-18-26(28(45-2)19-27(21)42-13-8-22(9-14-42)41-12-5-16-46-17-15-41)38-32-36-20-23(33)31(39-32)37-25-7-6-24-29(35-11-10-34-24)30(25)40-47(3,43)44/h6-7,10-11,18-20,22,40H,4-5,8-9,12-17H2,1-3H3,(H2,36,37,38,39). The molecule has 2 aromatic heterocycles. The van der Waals surface area contributed by atoms with Crippen LogP contribution in [0.2, 0.25) is 0 Å². The van der Waals surface area contributed by atoms with Crippen LogP contribution in [0.4, 0.5) is 34.5 Å². The summed E-state index contributed by atoms with van der Waals surface area (Å²) in [7, 11) is -1.95. The number of fused-ring (bicyclic) bond motifs is 1. The molecular weight excluding hydrogens is 686 g/mol. The normalized spacial score (nSPS) is 16.6. The molecule has 0 atom stereocenters. The number of aromatic nitrogens is 4. The molecular formula is C32H40BrN9O4S. The Balaban J connectivity index is 1.23. The van der Waals surface area contributed by atoms with Crippen molar-refractivity contribution in [2.24, 2.45) is 0 Å². The van der Waals surface area contributed by atoms with Crippen molar-refractivity contribution < 1.29 is 17.9 Å². The summed E-state index contributed by atoms with van der Waals surface area (Å²) in [5, 5.41) is 6.58. The summed E-state index contributed by atoms with van der Waals surface area (Å²) in [4.78, 5) is 22.9. The van der Waals surface area contributed by atoms with Crippen molar-refractivity contribution in [1.82, 2.24) is 24.8 Å². The maximum absolute atomic E-state index is 12.2. The number of sulfonamides is 1. The quantitative estimate of drug-likeness (QED) is 0.195. The molecule has 0 amide bonds. The van der Waals surface area contributed by atoms with Gasteiger partial charge in [-0.3, -0.25) is 19.6 Å². The Morgan fingerprint density at radius 1 is 1.02 bits per heavy atom. The third-order valence-electron chi connectivity index (χ3n) is 8.53. The minimum Gasteiger partial charge on any atom is -0.494 e. The van der Waals surface area contributed by atoms with E-state index in [-0.39, 0.29) is 5.69 Å². The predicted molar refractivity (Wildman–Crippen MR) is 189 cm³/mol. The number of hydrogen-bond donors (Lipinski definition) is 3. The minimum absolute atomic E-state index is 0.271. The van der Waals surface area contributed by atoms with Gasteiger partial charge in [0, 0.05) is 69.2 Å². The molecule has 0 radical (unpaired) electrons. The van der Waals surface area contributed by atoms with Gasteiger partial charge in [-0.15, -0.1) is 0 Å². The van der Waals surface area contributed by atoms with Crippen LogP contribution in [-0.2, 0) is 21.2 Å². The van der Waals surface area contributed by atoms with E-state index in [1.807, 2.05) is 0 Å². The van der Waals surface area contributed by atoms with Gasteiger partial charge in [0.15, 0.2) is 0 Å². The zero-order chi connectivity index (χ0) is 33.0. The summed E-state index contributed by atoms with van der Waals surface area (Å²) in [6.45, 7) is 7.97. The van der Waals surface area contributed by atoms with Crippen molar-refractivity contribution in [3.05, 3.63) is 52.9 Å². The molecule has 0 bridgehead atoms. The van der Waals surface area contributed by atoms with Gasteiger partial charge in [-0.05, 0) is 65.4 Å². The number of methoxy groups -OCH3 is 1. The van der Waals surface area contributed by atoms with Gasteiger partial charge in [0.2, 0.25) is 16.0 Å². The maximum Gasteiger partial charge on any atom is 0.229 e. The maximum atomic E-state index is 12.2. The molecule has 2 aliphatic rings. The molecule has 13 nitrogen and oxygen atoms in total. The van der Waals surface area contributed by atoms with E-state index < -0.39 is 10.0 Å². The van der Waals surface area contributed by atoms with Crippen LogP contribution in [0.5, 0.6) is 5.75 Å². The third-order valence-corrected chi connectivity index (χ3v) is 9.69. The van der Waals surface area contributed by atoms with Gasteiger partial charge in [-0.25, -0.2) is 13.4 Å². The summed E-state index contributed by atoms with van der Waals surface area (Å²) in [6.07, 6.45) is 9.99. The predicted octanol–water partition coefficient (Wildman–Crippen LogP) is 5.30. The number of benzene rings is 2. The Morgan fingerprint density at radius 3 is 2.60 bits per heavy atom. The molecule has 2 aromatic carbocycles. The average molecular weight is 727 g/mol. The van der Waals surface area contributed by atoms with Gasteiger partial charge >= 0.3 is 0 Å². The number of ether oxygens (including phenoxy) is 2. The van der Waals surface area contributed by atoms with Crippen molar-refractivity contribution in [3.8, 4) is 5.75 Å². The number of anilines is 6. The van der Waals surface area contributed by atoms with Gasteiger partial charge < -0.3 is 25.0 Å². The number of aryl methyl sites for hydroxylation is 1. The molecule has 0 unspecified atom stereocenters. The fourth-order valence-electron chi connectivity index (χ4n) is 6.25. The molecule has 2 aliphatic heterocycles. The van der Waals surface area contributed by atoms with Crippen LogP contribution >= 0.6 is 15.9 Å². The average Bonchev–Trinajstić information content (AvgIpc) is 3.36. The molecule has 2 fully saturated rings. The summed E-state index contributed by atoms with van der Waals surface area (Å²) in [6, 6.07) is 8.31. The van der Waals surface area contributed by atoms with E-state index in [1.54, 1.807) is 31.6 Å². The SMILES string of the molecule is CCc1cc(Nc2ncc(Br)c(Nc3ccc4nccnc4c3NS(C)(=O)=O)n2)c(OC)cc1N1CCC(N2CCCOCC2)CC1. The Hall–Kier alpha value is -3.79. The number of piperidine rings is 1. The lowest BCUT2D eigenvalue weighted by atomic mass is 10.00. The van der Waals surface area contributed by atoms with Crippen LogP contribution < -0.4 is 25.0 Å². The first-order valence-corrected chi connectivity index (χ1v) is 18.5. The topological polar surface area (TPSA) is 147 Å². The van der Waals surface area contributed by atoms with E-state index in [0.29, 0.717) is 44.8 Å². The molecule has 4 aromatic rings. The highest BCUT2D eigenvalue weighted by Gasteiger charge is 2.27. The molecule has 0 spiro atoms. The monoisotopic (exact) mass is 725 g/mol.